The number of pyridine rings is 1. The highest BCUT2D eigenvalue weighted by molar-refractivity contribution is 6.17. The van der Waals surface area contributed by atoms with Crippen LogP contribution in [0.1, 0.15) is 31.2 Å². The summed E-state index contributed by atoms with van der Waals surface area (Å²) in [4.78, 5) is 9.24. The summed E-state index contributed by atoms with van der Waals surface area (Å²) in [6.45, 7) is 5.44. The number of hydrogen-bond donors (Lipinski definition) is 0. The monoisotopic (exact) mass is 263 g/mol. The molecule has 3 nitrogen and oxygen atoms in total. The molecule has 0 N–H and O–H groups in total. The minimum Gasteiger partial charge on any atom is -0.312 e. The summed E-state index contributed by atoms with van der Waals surface area (Å²) in [6, 6.07) is 2.02. The van der Waals surface area contributed by atoms with E-state index in [2.05, 4.69) is 23.4 Å². The number of halogens is 1. The van der Waals surface area contributed by atoms with E-state index in [1.54, 1.807) is 0 Å². The molecule has 1 saturated carbocycles. The summed E-state index contributed by atoms with van der Waals surface area (Å²) in [7, 11) is 0. The second-order valence-corrected chi connectivity index (χ2v) is 6.04. The molecule has 0 unspecified atom stereocenters. The maximum atomic E-state index is 5.89. The Labute approximate surface area is 112 Å². The Morgan fingerprint density at radius 3 is 2.89 bits per heavy atom. The Morgan fingerprint density at radius 2 is 2.22 bits per heavy atom. The number of alkyl halides is 1. The van der Waals surface area contributed by atoms with E-state index in [4.69, 9.17) is 16.6 Å². The zero-order chi connectivity index (χ0) is 12.8. The van der Waals surface area contributed by atoms with E-state index in [1.165, 1.54) is 18.4 Å². The lowest BCUT2D eigenvalue weighted by Crippen LogP contribution is -2.12. The lowest BCUT2D eigenvalue weighted by Gasteiger charge is -2.12. The summed E-state index contributed by atoms with van der Waals surface area (Å²) in [5, 5.41) is 0. The molecule has 18 heavy (non-hydrogen) atoms. The van der Waals surface area contributed by atoms with E-state index >= 15 is 0 Å². The average Bonchev–Trinajstić information content (AvgIpc) is 2.96. The molecule has 0 saturated heterocycles. The van der Waals surface area contributed by atoms with Crippen LogP contribution in [-0.2, 0) is 13.0 Å². The van der Waals surface area contributed by atoms with Crippen LogP contribution in [0.2, 0.25) is 0 Å². The normalized spacial score (nSPS) is 17.3. The third-order valence-corrected chi connectivity index (χ3v) is 4.07. The van der Waals surface area contributed by atoms with E-state index in [1.807, 2.05) is 12.3 Å². The van der Waals surface area contributed by atoms with Crippen LogP contribution in [-0.4, -0.2) is 20.4 Å². The Morgan fingerprint density at radius 1 is 1.44 bits per heavy atom. The van der Waals surface area contributed by atoms with E-state index in [0.29, 0.717) is 11.3 Å². The molecule has 1 aliphatic carbocycles. The highest BCUT2D eigenvalue weighted by Crippen LogP contribution is 2.47. The molecule has 96 valence electrons. The fraction of sp³-hybridized carbons (Fsp3) is 0.571. The molecule has 0 amide bonds. The van der Waals surface area contributed by atoms with Crippen LogP contribution < -0.4 is 0 Å². The number of hydrogen-bond acceptors (Lipinski definition) is 2. The molecule has 1 aliphatic rings. The van der Waals surface area contributed by atoms with Crippen molar-refractivity contribution in [3.8, 4) is 0 Å². The van der Waals surface area contributed by atoms with Gasteiger partial charge in [0, 0.05) is 25.0 Å². The lowest BCUT2D eigenvalue weighted by atomic mass is 10.1. The summed E-state index contributed by atoms with van der Waals surface area (Å²) in [6.07, 6.45) is 5.29. The largest absolute Gasteiger partial charge is 0.312 e. The third-order valence-electron chi connectivity index (χ3n) is 3.88. The first kappa shape index (κ1) is 12.0. The molecule has 4 heteroatoms. The molecule has 2 heterocycles. The molecule has 0 radical (unpaired) electrons. The van der Waals surface area contributed by atoms with Crippen LogP contribution in [0.25, 0.3) is 11.2 Å². The SMILES string of the molecule is Cc1ccnc2c1nc(CCCl)n2CC1(C)CC1. The van der Waals surface area contributed by atoms with Crippen LogP contribution >= 0.6 is 11.6 Å². The molecule has 1 fully saturated rings. The van der Waals surface area contributed by atoms with Crippen LogP contribution in [0.5, 0.6) is 0 Å². The first-order chi connectivity index (χ1) is 8.63. The Kier molecular flexibility index (Phi) is 2.81. The Bertz CT molecular complexity index is 584. The van der Waals surface area contributed by atoms with Crippen molar-refractivity contribution in [1.29, 1.82) is 0 Å². The first-order valence-electron chi connectivity index (χ1n) is 6.50. The minimum absolute atomic E-state index is 0.445. The predicted octanol–water partition coefficient (Wildman–Crippen LogP) is 3.32. The van der Waals surface area contributed by atoms with Crippen LogP contribution in [0, 0.1) is 12.3 Å². The molecule has 0 bridgehead atoms. The Balaban J connectivity index is 2.12. The molecule has 0 aromatic carbocycles. The minimum atomic E-state index is 0.445. The van der Waals surface area contributed by atoms with Gasteiger partial charge in [0.05, 0.1) is 0 Å². The summed E-state index contributed by atoms with van der Waals surface area (Å²) >= 11 is 5.89. The molecular weight excluding hydrogens is 246 g/mol. The zero-order valence-corrected chi connectivity index (χ0v) is 11.7. The van der Waals surface area contributed by atoms with E-state index in [-0.39, 0.29) is 0 Å². The number of imidazole rings is 1. The maximum Gasteiger partial charge on any atom is 0.160 e. The summed E-state index contributed by atoms with van der Waals surface area (Å²) < 4.78 is 2.28. The number of nitrogens with zero attached hydrogens (tertiary/aromatic N) is 3. The van der Waals surface area contributed by atoms with Crippen LogP contribution in [0.15, 0.2) is 12.3 Å². The number of rotatable bonds is 4. The molecule has 3 rings (SSSR count). The van der Waals surface area contributed by atoms with Crippen LogP contribution in [0.3, 0.4) is 0 Å². The molecule has 0 atom stereocenters. The van der Waals surface area contributed by atoms with E-state index in [9.17, 15) is 0 Å². The predicted molar refractivity (Wildman–Crippen MR) is 74.0 cm³/mol. The summed E-state index contributed by atoms with van der Waals surface area (Å²) in [5.41, 5.74) is 3.68. The second kappa shape index (κ2) is 4.23. The van der Waals surface area contributed by atoms with Crippen molar-refractivity contribution >= 4 is 22.8 Å². The number of fused-ring (bicyclic) bond motifs is 1. The van der Waals surface area contributed by atoms with Gasteiger partial charge < -0.3 is 4.57 Å². The third kappa shape index (κ3) is 2.01. The highest BCUT2D eigenvalue weighted by Gasteiger charge is 2.38. The van der Waals surface area contributed by atoms with Crippen molar-refractivity contribution < 1.29 is 0 Å². The number of aryl methyl sites for hydroxylation is 2. The van der Waals surface area contributed by atoms with Gasteiger partial charge in [-0.2, -0.15) is 0 Å². The number of aromatic nitrogens is 3. The van der Waals surface area contributed by atoms with Crippen molar-refractivity contribution in [2.24, 2.45) is 5.41 Å². The van der Waals surface area contributed by atoms with Gasteiger partial charge in [-0.25, -0.2) is 9.97 Å². The molecule has 2 aromatic rings. The lowest BCUT2D eigenvalue weighted by molar-refractivity contribution is 0.460. The van der Waals surface area contributed by atoms with Gasteiger partial charge in [0.25, 0.3) is 0 Å². The van der Waals surface area contributed by atoms with Gasteiger partial charge >= 0.3 is 0 Å². The van der Waals surface area contributed by atoms with Gasteiger partial charge in [-0.15, -0.1) is 11.6 Å². The highest BCUT2D eigenvalue weighted by atomic mass is 35.5. The van der Waals surface area contributed by atoms with Crippen molar-refractivity contribution in [2.75, 3.05) is 5.88 Å². The quantitative estimate of drug-likeness (QED) is 0.793. The fourth-order valence-electron chi connectivity index (χ4n) is 2.38. The van der Waals surface area contributed by atoms with Gasteiger partial charge in [-0.1, -0.05) is 6.92 Å². The van der Waals surface area contributed by atoms with Crippen LogP contribution in [0.4, 0.5) is 0 Å². The van der Waals surface area contributed by atoms with Gasteiger partial charge in [0.2, 0.25) is 0 Å². The van der Waals surface area contributed by atoms with Gasteiger partial charge in [0.15, 0.2) is 5.65 Å². The fourth-order valence-corrected chi connectivity index (χ4v) is 2.55. The first-order valence-corrected chi connectivity index (χ1v) is 7.03. The topological polar surface area (TPSA) is 30.7 Å². The van der Waals surface area contributed by atoms with E-state index in [0.717, 1.165) is 30.0 Å². The molecule has 2 aromatic heterocycles. The average molecular weight is 264 g/mol. The summed E-state index contributed by atoms with van der Waals surface area (Å²) in [5.74, 6) is 1.69. The van der Waals surface area contributed by atoms with Gasteiger partial charge in [-0.3, -0.25) is 0 Å². The molecular formula is C14H18ClN3. The van der Waals surface area contributed by atoms with Crippen molar-refractivity contribution in [3.63, 3.8) is 0 Å². The van der Waals surface area contributed by atoms with E-state index < -0.39 is 0 Å². The van der Waals surface area contributed by atoms with Crippen molar-refractivity contribution in [2.45, 2.75) is 39.7 Å². The Hall–Kier alpha value is -1.09. The second-order valence-electron chi connectivity index (χ2n) is 5.66. The molecule has 0 spiro atoms. The smallest absolute Gasteiger partial charge is 0.160 e. The van der Waals surface area contributed by atoms with Gasteiger partial charge in [-0.05, 0) is 36.8 Å². The zero-order valence-electron chi connectivity index (χ0n) is 10.9. The van der Waals surface area contributed by atoms with Crippen molar-refractivity contribution in [1.82, 2.24) is 14.5 Å². The van der Waals surface area contributed by atoms with Gasteiger partial charge in [0.1, 0.15) is 11.3 Å². The van der Waals surface area contributed by atoms with Crippen molar-refractivity contribution in [3.05, 3.63) is 23.7 Å². The standard InChI is InChI=1S/C14H18ClN3/c1-10-4-8-16-13-12(10)17-11(3-7-15)18(13)9-14(2)5-6-14/h4,8H,3,5-7,9H2,1-2H3. The maximum absolute atomic E-state index is 5.89. The molecule has 0 aliphatic heterocycles.